The van der Waals surface area contributed by atoms with E-state index >= 15 is 0 Å². The summed E-state index contributed by atoms with van der Waals surface area (Å²) in [5, 5.41) is -0.361. The molecule has 1 aromatic carbocycles. The smallest absolute Gasteiger partial charge is 0.155 e. The van der Waals surface area contributed by atoms with Crippen LogP contribution in [-0.4, -0.2) is 26.0 Å². The van der Waals surface area contributed by atoms with Crippen LogP contribution < -0.4 is 4.74 Å². The van der Waals surface area contributed by atoms with Crippen molar-refractivity contribution in [1.29, 1.82) is 0 Å². The lowest BCUT2D eigenvalue weighted by Gasteiger charge is -2.09. The Morgan fingerprint density at radius 1 is 1.35 bits per heavy atom. The first-order valence-corrected chi connectivity index (χ1v) is 7.70. The number of hydrogen-bond acceptors (Lipinski definition) is 3. The van der Waals surface area contributed by atoms with Gasteiger partial charge >= 0.3 is 0 Å². The summed E-state index contributed by atoms with van der Waals surface area (Å²) in [6.45, 7) is 3.51. The quantitative estimate of drug-likeness (QED) is 0.750. The number of ether oxygens (including phenoxy) is 1. The average molecular weight is 277 g/mol. The third-order valence-electron chi connectivity index (χ3n) is 2.41. The molecule has 0 N–H and O–H groups in total. The van der Waals surface area contributed by atoms with Gasteiger partial charge in [-0.15, -0.1) is 11.6 Å². The molecule has 0 bridgehead atoms. The van der Waals surface area contributed by atoms with Crippen molar-refractivity contribution in [3.05, 3.63) is 29.8 Å². The highest BCUT2D eigenvalue weighted by Gasteiger charge is 2.15. The van der Waals surface area contributed by atoms with Gasteiger partial charge in [0.15, 0.2) is 9.84 Å². The molecule has 0 saturated carbocycles. The molecule has 0 spiro atoms. The first kappa shape index (κ1) is 14.3. The Kier molecular flexibility index (Phi) is 5.28. The van der Waals surface area contributed by atoms with Gasteiger partial charge in [-0.05, 0) is 31.5 Å². The van der Waals surface area contributed by atoms with Gasteiger partial charge in [-0.2, -0.15) is 0 Å². The number of hydrogen-bond donors (Lipinski definition) is 0. The lowest BCUT2D eigenvalue weighted by molar-refractivity contribution is 0.340. The van der Waals surface area contributed by atoms with Crippen LogP contribution in [0.15, 0.2) is 24.3 Å². The van der Waals surface area contributed by atoms with E-state index in [0.717, 1.165) is 5.56 Å². The zero-order valence-electron chi connectivity index (χ0n) is 10.0. The van der Waals surface area contributed by atoms with Crippen LogP contribution in [0, 0.1) is 0 Å². The lowest BCUT2D eigenvalue weighted by Crippen LogP contribution is -2.22. The normalized spacial score (nSPS) is 11.8. The van der Waals surface area contributed by atoms with E-state index < -0.39 is 9.84 Å². The van der Waals surface area contributed by atoms with Crippen LogP contribution in [0.3, 0.4) is 0 Å². The summed E-state index contributed by atoms with van der Waals surface area (Å²) in [7, 11) is -3.04. The third-order valence-corrected chi connectivity index (χ3v) is 4.89. The highest BCUT2D eigenvalue weighted by molar-refractivity contribution is 7.91. The Morgan fingerprint density at radius 2 is 2.06 bits per heavy atom. The Morgan fingerprint density at radius 3 is 2.65 bits per heavy atom. The van der Waals surface area contributed by atoms with Crippen molar-refractivity contribution in [1.82, 2.24) is 0 Å². The summed E-state index contributed by atoms with van der Waals surface area (Å²) < 4.78 is 28.5. The minimum Gasteiger partial charge on any atom is -0.493 e. The Hall–Kier alpha value is -0.740. The highest BCUT2D eigenvalue weighted by Crippen LogP contribution is 2.15. The van der Waals surface area contributed by atoms with Crippen molar-refractivity contribution < 1.29 is 13.2 Å². The number of benzene rings is 1. The van der Waals surface area contributed by atoms with Gasteiger partial charge in [0.05, 0.1) is 11.0 Å². The fourth-order valence-corrected chi connectivity index (χ4v) is 2.18. The fourth-order valence-electron chi connectivity index (χ4n) is 1.23. The fraction of sp³-hybridized carbons (Fsp3) is 0.500. The number of rotatable bonds is 6. The Labute approximate surface area is 108 Å². The van der Waals surface area contributed by atoms with Crippen LogP contribution >= 0.6 is 11.6 Å². The van der Waals surface area contributed by atoms with Crippen molar-refractivity contribution >= 4 is 21.4 Å². The molecule has 0 saturated heterocycles. The maximum absolute atomic E-state index is 11.5. The molecule has 0 heterocycles. The van der Waals surface area contributed by atoms with Crippen molar-refractivity contribution in [2.45, 2.75) is 25.0 Å². The number of halogens is 1. The maximum atomic E-state index is 11.5. The minimum atomic E-state index is -3.04. The van der Waals surface area contributed by atoms with Crippen LogP contribution in [0.2, 0.25) is 0 Å². The zero-order chi connectivity index (χ0) is 12.9. The monoisotopic (exact) mass is 276 g/mol. The van der Waals surface area contributed by atoms with Gasteiger partial charge in [0.25, 0.3) is 0 Å². The standard InChI is InChI=1S/C12H17ClO3S/c1-10(2)17(14,15)7-6-16-12-5-3-4-11(8-12)9-13/h3-5,8,10H,6-7,9H2,1-2H3. The maximum Gasteiger partial charge on any atom is 0.155 e. The van der Waals surface area contributed by atoms with Crippen molar-refractivity contribution in [2.24, 2.45) is 0 Å². The molecule has 0 aliphatic rings. The molecule has 0 atom stereocenters. The molecule has 0 radical (unpaired) electrons. The predicted molar refractivity (Wildman–Crippen MR) is 70.4 cm³/mol. The van der Waals surface area contributed by atoms with Gasteiger partial charge in [-0.25, -0.2) is 8.42 Å². The summed E-state index contributed by atoms with van der Waals surface area (Å²) in [5.74, 6) is 1.11. The Balaban J connectivity index is 2.51. The first-order valence-electron chi connectivity index (χ1n) is 5.45. The van der Waals surface area contributed by atoms with Crippen LogP contribution in [0.4, 0.5) is 0 Å². The molecule has 0 amide bonds. The molecule has 3 nitrogen and oxygen atoms in total. The van der Waals surface area contributed by atoms with Gasteiger partial charge in [0.2, 0.25) is 0 Å². The molecule has 0 aromatic heterocycles. The van der Waals surface area contributed by atoms with Gasteiger partial charge in [-0.1, -0.05) is 12.1 Å². The van der Waals surface area contributed by atoms with Crippen molar-refractivity contribution in [3.8, 4) is 5.75 Å². The van der Waals surface area contributed by atoms with Crippen molar-refractivity contribution in [3.63, 3.8) is 0 Å². The molecule has 0 aliphatic carbocycles. The summed E-state index contributed by atoms with van der Waals surface area (Å²) in [5.41, 5.74) is 0.955. The number of alkyl halides is 1. The van der Waals surface area contributed by atoms with E-state index in [2.05, 4.69) is 0 Å². The first-order chi connectivity index (χ1) is 7.95. The van der Waals surface area contributed by atoms with Gasteiger partial charge in [0.1, 0.15) is 12.4 Å². The van der Waals surface area contributed by atoms with Gasteiger partial charge in [-0.3, -0.25) is 0 Å². The second kappa shape index (κ2) is 6.26. The zero-order valence-corrected chi connectivity index (χ0v) is 11.6. The van der Waals surface area contributed by atoms with E-state index in [9.17, 15) is 8.42 Å². The van der Waals surface area contributed by atoms with E-state index in [1.165, 1.54) is 0 Å². The predicted octanol–water partition coefficient (Wildman–Crippen LogP) is 2.63. The minimum absolute atomic E-state index is 0.0375. The molecule has 0 fully saturated rings. The molecule has 96 valence electrons. The molecule has 17 heavy (non-hydrogen) atoms. The van der Waals surface area contributed by atoms with Crippen LogP contribution in [0.1, 0.15) is 19.4 Å². The van der Waals surface area contributed by atoms with E-state index in [4.69, 9.17) is 16.3 Å². The molecule has 0 aliphatic heterocycles. The molecule has 1 rings (SSSR count). The van der Waals surface area contributed by atoms with Crippen LogP contribution in [0.5, 0.6) is 5.75 Å². The van der Waals surface area contributed by atoms with E-state index in [0.29, 0.717) is 11.6 Å². The second-order valence-electron chi connectivity index (χ2n) is 4.05. The second-order valence-corrected chi connectivity index (χ2v) is 6.99. The molecular weight excluding hydrogens is 260 g/mol. The summed E-state index contributed by atoms with van der Waals surface area (Å²) >= 11 is 5.70. The Bertz CT molecular complexity index is 455. The van der Waals surface area contributed by atoms with Crippen molar-refractivity contribution in [2.75, 3.05) is 12.4 Å². The topological polar surface area (TPSA) is 43.4 Å². The van der Waals surface area contributed by atoms with Gasteiger partial charge < -0.3 is 4.74 Å². The third kappa shape index (κ3) is 4.56. The largest absolute Gasteiger partial charge is 0.493 e. The van der Waals surface area contributed by atoms with Gasteiger partial charge in [0, 0.05) is 5.88 Å². The van der Waals surface area contributed by atoms with Crippen LogP contribution in [-0.2, 0) is 15.7 Å². The average Bonchev–Trinajstić information content (AvgIpc) is 2.29. The molecular formula is C12H17ClO3S. The summed E-state index contributed by atoms with van der Waals surface area (Å²) in [6, 6.07) is 7.34. The van der Waals surface area contributed by atoms with Crippen LogP contribution in [0.25, 0.3) is 0 Å². The van der Waals surface area contributed by atoms with E-state index in [-0.39, 0.29) is 17.6 Å². The molecule has 1 aromatic rings. The van der Waals surface area contributed by atoms with E-state index in [1.54, 1.807) is 19.9 Å². The number of sulfone groups is 1. The lowest BCUT2D eigenvalue weighted by atomic mass is 10.2. The highest BCUT2D eigenvalue weighted by atomic mass is 35.5. The summed E-state index contributed by atoms with van der Waals surface area (Å²) in [6.07, 6.45) is 0. The SMILES string of the molecule is CC(C)S(=O)(=O)CCOc1cccc(CCl)c1. The summed E-state index contributed by atoms with van der Waals surface area (Å²) in [4.78, 5) is 0. The van der Waals surface area contributed by atoms with E-state index in [1.807, 2.05) is 18.2 Å². The molecule has 5 heteroatoms. The molecule has 0 unspecified atom stereocenters.